The van der Waals surface area contributed by atoms with Gasteiger partial charge in [0.05, 0.1) is 16.0 Å². The van der Waals surface area contributed by atoms with E-state index in [0.717, 1.165) is 16.7 Å². The fraction of sp³-hybridized carbons (Fsp3) is 0.148. The minimum Gasteiger partial charge on any atom is -0.490 e. The van der Waals surface area contributed by atoms with E-state index >= 15 is 0 Å². The molecule has 38 heavy (non-hydrogen) atoms. The van der Waals surface area contributed by atoms with Crippen molar-refractivity contribution < 1.29 is 28.2 Å². The van der Waals surface area contributed by atoms with Crippen molar-refractivity contribution in [3.8, 4) is 11.5 Å². The van der Waals surface area contributed by atoms with E-state index in [9.17, 15) is 18.8 Å². The number of carbonyl (C=O) groups excluding carboxylic acids is 3. The molecule has 0 atom stereocenters. The largest absolute Gasteiger partial charge is 0.490 e. The zero-order valence-electron chi connectivity index (χ0n) is 20.0. The lowest BCUT2D eigenvalue weighted by Crippen LogP contribution is -2.36. The summed E-state index contributed by atoms with van der Waals surface area (Å²) in [7, 11) is 0. The number of anilines is 1. The van der Waals surface area contributed by atoms with Crippen LogP contribution in [0.25, 0.3) is 6.08 Å². The average Bonchev–Trinajstić information content (AvgIpc) is 3.12. The molecule has 1 fully saturated rings. The van der Waals surface area contributed by atoms with E-state index in [1.807, 2.05) is 0 Å². The molecular weight excluding hydrogens is 599 g/mol. The molecular formula is C27H21BrClFN2O5S. The maximum atomic E-state index is 14.0. The molecule has 0 aliphatic carbocycles. The molecule has 3 aromatic rings. The van der Waals surface area contributed by atoms with Crippen LogP contribution in [0, 0.1) is 5.82 Å². The molecule has 1 aliphatic rings. The SMILES string of the molecule is CCOc1cc(/C=C2\SC(=O)N(CC(=O)Nc3cccc(Cl)c3)C2=O)cc(Br)c1OCc1ccccc1F. The Labute approximate surface area is 236 Å². The van der Waals surface area contributed by atoms with Crippen molar-refractivity contribution in [3.63, 3.8) is 0 Å². The maximum absolute atomic E-state index is 14.0. The lowest BCUT2D eigenvalue weighted by atomic mass is 10.1. The number of rotatable bonds is 9. The first kappa shape index (κ1) is 27.7. The summed E-state index contributed by atoms with van der Waals surface area (Å²) >= 11 is 10.1. The van der Waals surface area contributed by atoms with Crippen LogP contribution in [0.5, 0.6) is 11.5 Å². The molecule has 0 spiro atoms. The highest BCUT2D eigenvalue weighted by molar-refractivity contribution is 9.10. The summed E-state index contributed by atoms with van der Waals surface area (Å²) in [5.41, 5.74) is 1.40. The zero-order valence-corrected chi connectivity index (χ0v) is 23.2. The van der Waals surface area contributed by atoms with Crippen LogP contribution in [-0.2, 0) is 16.2 Å². The normalized spacial score (nSPS) is 14.2. The molecule has 7 nitrogen and oxygen atoms in total. The monoisotopic (exact) mass is 618 g/mol. The van der Waals surface area contributed by atoms with Crippen molar-refractivity contribution in [2.24, 2.45) is 0 Å². The second-order valence-electron chi connectivity index (χ2n) is 7.97. The van der Waals surface area contributed by atoms with Crippen LogP contribution < -0.4 is 14.8 Å². The number of nitrogens with one attached hydrogen (secondary N) is 1. The molecule has 11 heteroatoms. The predicted octanol–water partition coefficient (Wildman–Crippen LogP) is 6.89. The van der Waals surface area contributed by atoms with E-state index in [1.54, 1.807) is 61.5 Å². The minimum atomic E-state index is -0.588. The fourth-order valence-electron chi connectivity index (χ4n) is 3.54. The molecule has 1 aliphatic heterocycles. The Hall–Kier alpha value is -3.34. The van der Waals surface area contributed by atoms with Gasteiger partial charge in [-0.2, -0.15) is 0 Å². The molecule has 1 N–H and O–H groups in total. The molecule has 0 saturated carbocycles. The Bertz CT molecular complexity index is 1430. The summed E-state index contributed by atoms with van der Waals surface area (Å²) in [5.74, 6) is -0.749. The minimum absolute atomic E-state index is 0.0131. The molecule has 4 rings (SSSR count). The topological polar surface area (TPSA) is 84.9 Å². The molecule has 1 saturated heterocycles. The Kier molecular flexibility index (Phi) is 9.09. The summed E-state index contributed by atoms with van der Waals surface area (Å²) in [6.45, 7) is 1.69. The number of carbonyl (C=O) groups is 3. The maximum Gasteiger partial charge on any atom is 0.294 e. The van der Waals surface area contributed by atoms with E-state index < -0.39 is 23.6 Å². The van der Waals surface area contributed by atoms with Crippen molar-refractivity contribution in [1.29, 1.82) is 0 Å². The molecule has 0 radical (unpaired) electrons. The molecule has 1 heterocycles. The number of hydrogen-bond acceptors (Lipinski definition) is 6. The van der Waals surface area contributed by atoms with Crippen molar-refractivity contribution in [2.45, 2.75) is 13.5 Å². The highest BCUT2D eigenvalue weighted by Gasteiger charge is 2.36. The third-order valence-electron chi connectivity index (χ3n) is 5.24. The summed E-state index contributed by atoms with van der Waals surface area (Å²) in [6, 6.07) is 16.2. The highest BCUT2D eigenvalue weighted by atomic mass is 79.9. The number of amides is 3. The van der Waals surface area contributed by atoms with Crippen molar-refractivity contribution in [2.75, 3.05) is 18.5 Å². The lowest BCUT2D eigenvalue weighted by Gasteiger charge is -2.15. The third-order valence-corrected chi connectivity index (χ3v) is 6.97. The van der Waals surface area contributed by atoms with Crippen LogP contribution in [0.4, 0.5) is 14.9 Å². The molecule has 0 unspecified atom stereocenters. The molecule has 3 amide bonds. The van der Waals surface area contributed by atoms with Gasteiger partial charge >= 0.3 is 0 Å². The van der Waals surface area contributed by atoms with Crippen LogP contribution in [0.2, 0.25) is 5.02 Å². The molecule has 0 bridgehead atoms. The number of benzene rings is 3. The van der Waals surface area contributed by atoms with Crippen molar-refractivity contribution in [3.05, 3.63) is 92.0 Å². The van der Waals surface area contributed by atoms with Gasteiger partial charge in [-0.05, 0) is 82.7 Å². The summed E-state index contributed by atoms with van der Waals surface area (Å²) in [6.07, 6.45) is 1.54. The van der Waals surface area contributed by atoms with Crippen LogP contribution in [-0.4, -0.2) is 35.1 Å². The van der Waals surface area contributed by atoms with Gasteiger partial charge in [0.15, 0.2) is 11.5 Å². The van der Waals surface area contributed by atoms with Gasteiger partial charge in [0.2, 0.25) is 5.91 Å². The fourth-order valence-corrected chi connectivity index (χ4v) is 5.14. The number of nitrogens with zero attached hydrogens (tertiary/aromatic N) is 1. The molecule has 196 valence electrons. The molecule has 0 aromatic heterocycles. The smallest absolute Gasteiger partial charge is 0.294 e. The lowest BCUT2D eigenvalue weighted by molar-refractivity contribution is -0.127. The van der Waals surface area contributed by atoms with E-state index in [2.05, 4.69) is 21.2 Å². The van der Waals surface area contributed by atoms with Gasteiger partial charge in [0, 0.05) is 16.3 Å². The first-order valence-electron chi connectivity index (χ1n) is 11.4. The Balaban J connectivity index is 1.50. The van der Waals surface area contributed by atoms with Crippen LogP contribution in [0.1, 0.15) is 18.1 Å². The van der Waals surface area contributed by atoms with Crippen LogP contribution in [0.15, 0.2) is 70.0 Å². The third kappa shape index (κ3) is 6.75. The van der Waals surface area contributed by atoms with Gasteiger partial charge in [-0.25, -0.2) is 4.39 Å². The first-order valence-corrected chi connectivity index (χ1v) is 13.4. The Morgan fingerprint density at radius 1 is 1.13 bits per heavy atom. The number of imide groups is 1. The summed E-state index contributed by atoms with van der Waals surface area (Å²) < 4.78 is 26.1. The first-order chi connectivity index (χ1) is 18.2. The van der Waals surface area contributed by atoms with E-state index in [-0.39, 0.29) is 17.3 Å². The number of thioether (sulfide) groups is 1. The second kappa shape index (κ2) is 12.5. The van der Waals surface area contributed by atoms with Gasteiger partial charge < -0.3 is 14.8 Å². The van der Waals surface area contributed by atoms with Gasteiger partial charge in [-0.3, -0.25) is 19.3 Å². The van der Waals surface area contributed by atoms with Crippen LogP contribution >= 0.6 is 39.3 Å². The van der Waals surface area contributed by atoms with E-state index in [0.29, 0.717) is 44.4 Å². The van der Waals surface area contributed by atoms with E-state index in [1.165, 1.54) is 12.1 Å². The average molecular weight is 620 g/mol. The summed E-state index contributed by atoms with van der Waals surface area (Å²) in [4.78, 5) is 38.9. The number of hydrogen-bond donors (Lipinski definition) is 1. The second-order valence-corrected chi connectivity index (χ2v) is 10.3. The highest BCUT2D eigenvalue weighted by Crippen LogP contribution is 2.40. The number of halogens is 3. The Morgan fingerprint density at radius 2 is 1.92 bits per heavy atom. The van der Waals surface area contributed by atoms with Crippen molar-refractivity contribution in [1.82, 2.24) is 4.90 Å². The quantitative estimate of drug-likeness (QED) is 0.263. The van der Waals surface area contributed by atoms with Gasteiger partial charge in [0.25, 0.3) is 11.1 Å². The Morgan fingerprint density at radius 3 is 2.66 bits per heavy atom. The van der Waals surface area contributed by atoms with E-state index in [4.69, 9.17) is 21.1 Å². The zero-order chi connectivity index (χ0) is 27.2. The molecule has 3 aromatic carbocycles. The summed E-state index contributed by atoms with van der Waals surface area (Å²) in [5, 5.41) is 2.50. The predicted molar refractivity (Wildman–Crippen MR) is 149 cm³/mol. The van der Waals surface area contributed by atoms with Crippen molar-refractivity contribution >= 4 is 68.1 Å². The van der Waals surface area contributed by atoms with Gasteiger partial charge in [-0.1, -0.05) is 35.9 Å². The number of ether oxygens (including phenoxy) is 2. The van der Waals surface area contributed by atoms with Crippen LogP contribution in [0.3, 0.4) is 0 Å². The van der Waals surface area contributed by atoms with Gasteiger partial charge in [0.1, 0.15) is 19.0 Å². The standard InChI is InChI=1S/C27H21BrClFN2O5S/c1-2-36-22-11-16(10-20(28)25(22)37-15-17-6-3-4-9-21(17)30)12-23-26(34)32(27(35)38-23)14-24(33)31-19-8-5-7-18(29)13-19/h3-13H,2,14-15H2,1H3,(H,31,33)/b23-12-. The van der Waals surface area contributed by atoms with Gasteiger partial charge in [-0.15, -0.1) is 0 Å².